The molecule has 1 aliphatic heterocycles. The third kappa shape index (κ3) is 3.53. The summed E-state index contributed by atoms with van der Waals surface area (Å²) in [5, 5.41) is 20.6. The molecule has 158 valence electrons. The zero-order valence-electron chi connectivity index (χ0n) is 17.6. The molecule has 6 heteroatoms. The summed E-state index contributed by atoms with van der Waals surface area (Å²) >= 11 is 0. The minimum Gasteiger partial charge on any atom is -0.489 e. The fourth-order valence-corrected chi connectivity index (χ4v) is 4.45. The Morgan fingerprint density at radius 1 is 1.28 bits per heavy atom. The van der Waals surface area contributed by atoms with E-state index < -0.39 is 11.7 Å². The summed E-state index contributed by atoms with van der Waals surface area (Å²) in [7, 11) is 0. The second-order valence-electron chi connectivity index (χ2n) is 9.13. The van der Waals surface area contributed by atoms with Gasteiger partial charge in [-0.05, 0) is 45.4 Å². The molecule has 2 aliphatic rings. The van der Waals surface area contributed by atoms with Gasteiger partial charge in [0.05, 0.1) is 11.7 Å². The van der Waals surface area contributed by atoms with Gasteiger partial charge in [-0.3, -0.25) is 4.79 Å². The van der Waals surface area contributed by atoms with Crippen LogP contribution in [-0.4, -0.2) is 28.0 Å². The molecule has 2 aromatic rings. The van der Waals surface area contributed by atoms with E-state index in [4.69, 9.17) is 13.9 Å². The predicted octanol–water partition coefficient (Wildman–Crippen LogP) is 3.80. The Labute approximate surface area is 170 Å². The highest BCUT2D eigenvalue weighted by atomic mass is 16.5. The highest BCUT2D eigenvalue weighted by Crippen LogP contribution is 2.49. The van der Waals surface area contributed by atoms with Crippen molar-refractivity contribution in [3.63, 3.8) is 0 Å². The zero-order valence-corrected chi connectivity index (χ0v) is 17.6. The van der Waals surface area contributed by atoms with Gasteiger partial charge in [0.2, 0.25) is 0 Å². The maximum Gasteiger partial charge on any atom is 0.196 e. The van der Waals surface area contributed by atoms with Crippen molar-refractivity contribution < 1.29 is 24.1 Å². The normalized spacial score (nSPS) is 19.8. The first kappa shape index (κ1) is 20.2. The van der Waals surface area contributed by atoms with Crippen LogP contribution >= 0.6 is 0 Å². The molecule has 1 aromatic carbocycles. The molecule has 1 aliphatic carbocycles. The first-order valence-corrected chi connectivity index (χ1v) is 10.5. The van der Waals surface area contributed by atoms with Crippen molar-refractivity contribution in [1.29, 1.82) is 0 Å². The molecular formula is C23H30O6. The van der Waals surface area contributed by atoms with E-state index >= 15 is 0 Å². The van der Waals surface area contributed by atoms with Crippen LogP contribution in [0.25, 0.3) is 11.0 Å². The molecule has 1 atom stereocenters. The van der Waals surface area contributed by atoms with Crippen molar-refractivity contribution in [3.05, 3.63) is 33.2 Å². The van der Waals surface area contributed by atoms with Crippen molar-refractivity contribution >= 4 is 11.0 Å². The highest BCUT2D eigenvalue weighted by molar-refractivity contribution is 5.91. The summed E-state index contributed by atoms with van der Waals surface area (Å²) in [5.74, 6) is 1.40. The number of rotatable bonds is 5. The van der Waals surface area contributed by atoms with Crippen molar-refractivity contribution in [2.45, 2.75) is 90.1 Å². The van der Waals surface area contributed by atoms with Gasteiger partial charge in [-0.25, -0.2) is 0 Å². The van der Waals surface area contributed by atoms with Gasteiger partial charge in [-0.15, -0.1) is 0 Å². The lowest BCUT2D eigenvalue weighted by atomic mass is 9.92. The Morgan fingerprint density at radius 3 is 2.55 bits per heavy atom. The van der Waals surface area contributed by atoms with Gasteiger partial charge < -0.3 is 24.1 Å². The van der Waals surface area contributed by atoms with Crippen LogP contribution in [0.2, 0.25) is 0 Å². The minimum absolute atomic E-state index is 0.0180. The summed E-state index contributed by atoms with van der Waals surface area (Å²) in [6.07, 6.45) is 4.23. The smallest absolute Gasteiger partial charge is 0.196 e. The minimum atomic E-state index is -1.04. The van der Waals surface area contributed by atoms with E-state index in [-0.39, 0.29) is 29.8 Å². The summed E-state index contributed by atoms with van der Waals surface area (Å²) in [6.45, 7) is 7.12. The van der Waals surface area contributed by atoms with Crippen LogP contribution < -0.4 is 14.9 Å². The fourth-order valence-electron chi connectivity index (χ4n) is 4.45. The van der Waals surface area contributed by atoms with Crippen molar-refractivity contribution in [2.75, 3.05) is 0 Å². The SMILES string of the molecule is CC(C)c1c2c(c(OC3CCCC3)c3c(=O)cc(CO)oc13)C[C@@H](C(C)(C)O)O2. The first-order valence-electron chi connectivity index (χ1n) is 10.5. The number of aliphatic hydroxyl groups is 2. The summed E-state index contributed by atoms with van der Waals surface area (Å²) in [5.41, 5.74) is 0.772. The summed E-state index contributed by atoms with van der Waals surface area (Å²) in [4.78, 5) is 13.1. The molecule has 0 saturated heterocycles. The van der Waals surface area contributed by atoms with Gasteiger partial charge in [0.25, 0.3) is 0 Å². The van der Waals surface area contributed by atoms with E-state index in [9.17, 15) is 15.0 Å². The van der Waals surface area contributed by atoms with Crippen LogP contribution in [0.15, 0.2) is 15.3 Å². The molecular weight excluding hydrogens is 372 g/mol. The van der Waals surface area contributed by atoms with E-state index in [2.05, 4.69) is 0 Å². The van der Waals surface area contributed by atoms with Crippen LogP contribution in [0, 0.1) is 0 Å². The van der Waals surface area contributed by atoms with Gasteiger partial charge in [0, 0.05) is 23.6 Å². The van der Waals surface area contributed by atoms with Crippen LogP contribution in [0.5, 0.6) is 11.5 Å². The molecule has 1 aromatic heterocycles. The van der Waals surface area contributed by atoms with Crippen LogP contribution in [0.3, 0.4) is 0 Å². The Bertz CT molecular complexity index is 976. The molecule has 0 bridgehead atoms. The lowest BCUT2D eigenvalue weighted by Gasteiger charge is -2.25. The topological polar surface area (TPSA) is 89.1 Å². The number of hydrogen-bond acceptors (Lipinski definition) is 6. The first-order chi connectivity index (χ1) is 13.7. The third-order valence-electron chi connectivity index (χ3n) is 6.02. The molecule has 29 heavy (non-hydrogen) atoms. The molecule has 2 N–H and O–H groups in total. The number of aliphatic hydroxyl groups excluding tert-OH is 1. The van der Waals surface area contributed by atoms with Gasteiger partial charge >= 0.3 is 0 Å². The molecule has 2 heterocycles. The lowest BCUT2D eigenvalue weighted by Crippen LogP contribution is -2.39. The largest absolute Gasteiger partial charge is 0.489 e. The second kappa shape index (κ2) is 7.33. The molecule has 4 rings (SSSR count). The monoisotopic (exact) mass is 402 g/mol. The average Bonchev–Trinajstić information content (AvgIpc) is 3.29. The summed E-state index contributed by atoms with van der Waals surface area (Å²) < 4.78 is 18.6. The maximum atomic E-state index is 13.1. The van der Waals surface area contributed by atoms with Gasteiger partial charge in [-0.2, -0.15) is 0 Å². The Morgan fingerprint density at radius 2 is 1.97 bits per heavy atom. The highest BCUT2D eigenvalue weighted by Gasteiger charge is 2.41. The van der Waals surface area contributed by atoms with E-state index in [1.807, 2.05) is 13.8 Å². The number of hydrogen-bond donors (Lipinski definition) is 2. The molecule has 1 fully saturated rings. The maximum absolute atomic E-state index is 13.1. The molecule has 0 spiro atoms. The molecule has 0 amide bonds. The van der Waals surface area contributed by atoms with E-state index in [0.29, 0.717) is 28.9 Å². The third-order valence-corrected chi connectivity index (χ3v) is 6.02. The Kier molecular flexibility index (Phi) is 5.11. The van der Waals surface area contributed by atoms with Crippen LogP contribution in [-0.2, 0) is 13.0 Å². The standard InChI is InChI=1S/C23H30O6/c1-12(2)18-20-15(10-17(29-20)23(3,4)26)21(27-13-7-5-6-8-13)19-16(25)9-14(11-24)28-22(18)19/h9,12-13,17,24,26H,5-8,10-11H2,1-4H3/t17-/m0/s1. The molecule has 1 saturated carbocycles. The van der Waals surface area contributed by atoms with Crippen LogP contribution in [0.4, 0.5) is 0 Å². The van der Waals surface area contributed by atoms with Gasteiger partial charge in [0.1, 0.15) is 40.9 Å². The number of ether oxygens (including phenoxy) is 2. The Hall–Kier alpha value is -2.05. The van der Waals surface area contributed by atoms with Gasteiger partial charge in [0.15, 0.2) is 5.43 Å². The Balaban J connectivity index is 2.01. The second-order valence-corrected chi connectivity index (χ2v) is 9.13. The number of fused-ring (bicyclic) bond motifs is 2. The van der Waals surface area contributed by atoms with Crippen molar-refractivity contribution in [3.8, 4) is 11.5 Å². The zero-order chi connectivity index (χ0) is 20.9. The van der Waals surface area contributed by atoms with E-state index in [0.717, 1.165) is 36.8 Å². The summed E-state index contributed by atoms with van der Waals surface area (Å²) in [6, 6.07) is 1.34. The fraction of sp³-hybridized carbons (Fsp3) is 0.609. The van der Waals surface area contributed by atoms with Crippen LogP contribution in [0.1, 0.15) is 76.2 Å². The quantitative estimate of drug-likeness (QED) is 0.791. The molecule has 0 radical (unpaired) electrons. The van der Waals surface area contributed by atoms with E-state index in [1.54, 1.807) is 13.8 Å². The molecule has 0 unspecified atom stereocenters. The average molecular weight is 402 g/mol. The van der Waals surface area contributed by atoms with Gasteiger partial charge in [-0.1, -0.05) is 13.8 Å². The molecule has 6 nitrogen and oxygen atoms in total. The van der Waals surface area contributed by atoms with E-state index in [1.165, 1.54) is 6.07 Å². The predicted molar refractivity (Wildman–Crippen MR) is 110 cm³/mol. The number of benzene rings is 1. The van der Waals surface area contributed by atoms with Crippen molar-refractivity contribution in [1.82, 2.24) is 0 Å². The van der Waals surface area contributed by atoms with Crippen molar-refractivity contribution in [2.24, 2.45) is 0 Å². The lowest BCUT2D eigenvalue weighted by molar-refractivity contribution is -0.0233.